The van der Waals surface area contributed by atoms with Crippen molar-refractivity contribution in [2.75, 3.05) is 0 Å². The van der Waals surface area contributed by atoms with Crippen LogP contribution in [0.4, 0.5) is 0 Å². The minimum atomic E-state index is 0.891. The maximum atomic E-state index is 2.46. The molecular weight excluding hydrogens is 228 g/mol. The number of rotatable bonds is 13. The molecular formula is C19H40. The van der Waals surface area contributed by atoms with E-state index in [0.29, 0.717) is 0 Å². The molecule has 0 heteroatoms. The topological polar surface area (TPSA) is 0 Å². The summed E-state index contributed by atoms with van der Waals surface area (Å²) in [4.78, 5) is 0. The average Bonchev–Trinajstić information content (AvgIpc) is 2.35. The maximum Gasteiger partial charge on any atom is -0.0443 e. The van der Waals surface area contributed by atoms with Gasteiger partial charge in [-0.3, -0.25) is 0 Å². The highest BCUT2D eigenvalue weighted by atomic mass is 14.1. The molecule has 0 spiro atoms. The van der Waals surface area contributed by atoms with Crippen LogP contribution in [0.2, 0.25) is 0 Å². The van der Waals surface area contributed by atoms with E-state index in [1.165, 1.54) is 70.6 Å². The molecule has 2 atom stereocenters. The fraction of sp³-hybridized carbons (Fsp3) is 1.00. The van der Waals surface area contributed by atoms with Crippen molar-refractivity contribution in [1.82, 2.24) is 0 Å². The second-order valence-electron chi connectivity index (χ2n) is 7.32. The van der Waals surface area contributed by atoms with E-state index in [4.69, 9.17) is 0 Å². The molecule has 0 radical (unpaired) electrons. The first kappa shape index (κ1) is 19.0. The van der Waals surface area contributed by atoms with Gasteiger partial charge in [-0.1, -0.05) is 105 Å². The third kappa shape index (κ3) is 14.2. The van der Waals surface area contributed by atoms with Gasteiger partial charge in [0.1, 0.15) is 0 Å². The van der Waals surface area contributed by atoms with Gasteiger partial charge in [-0.2, -0.15) is 0 Å². The summed E-state index contributed by atoms with van der Waals surface area (Å²) in [5, 5.41) is 0. The Morgan fingerprint density at radius 1 is 0.526 bits per heavy atom. The molecule has 0 saturated heterocycles. The van der Waals surface area contributed by atoms with E-state index in [1.54, 1.807) is 0 Å². The van der Waals surface area contributed by atoms with Gasteiger partial charge in [0.15, 0.2) is 0 Å². The van der Waals surface area contributed by atoms with Gasteiger partial charge >= 0.3 is 0 Å². The van der Waals surface area contributed by atoms with Gasteiger partial charge in [0.2, 0.25) is 0 Å². The van der Waals surface area contributed by atoms with Gasteiger partial charge < -0.3 is 0 Å². The lowest BCUT2D eigenvalue weighted by atomic mass is 9.92. The fourth-order valence-electron chi connectivity index (χ4n) is 2.88. The molecule has 0 aliphatic heterocycles. The average molecular weight is 269 g/mol. The predicted molar refractivity (Wildman–Crippen MR) is 89.6 cm³/mol. The zero-order chi connectivity index (χ0) is 14.5. The van der Waals surface area contributed by atoms with Crippen molar-refractivity contribution < 1.29 is 0 Å². The van der Waals surface area contributed by atoms with E-state index in [9.17, 15) is 0 Å². The van der Waals surface area contributed by atoms with E-state index in [1.807, 2.05) is 0 Å². The zero-order valence-electron chi connectivity index (χ0n) is 14.5. The van der Waals surface area contributed by atoms with Gasteiger partial charge in [-0.15, -0.1) is 0 Å². The van der Waals surface area contributed by atoms with Gasteiger partial charge in [-0.05, 0) is 17.8 Å². The molecule has 0 aliphatic carbocycles. The van der Waals surface area contributed by atoms with E-state index >= 15 is 0 Å². The SMILES string of the molecule is CCCCC(C)CCCC(C)CCCCCC(C)C. The Morgan fingerprint density at radius 2 is 1.00 bits per heavy atom. The van der Waals surface area contributed by atoms with Gasteiger partial charge in [0.25, 0.3) is 0 Å². The standard InChI is InChI=1S/C19H40/c1-6-7-13-18(4)15-11-16-19(5)14-10-8-9-12-17(2)3/h17-19H,6-16H2,1-5H3. The van der Waals surface area contributed by atoms with Crippen molar-refractivity contribution in [2.45, 2.75) is 105 Å². The van der Waals surface area contributed by atoms with Crippen LogP contribution in [0.3, 0.4) is 0 Å². The Morgan fingerprint density at radius 3 is 1.53 bits per heavy atom. The molecule has 0 aromatic rings. The third-order valence-electron chi connectivity index (χ3n) is 4.42. The van der Waals surface area contributed by atoms with Crippen LogP contribution in [0.15, 0.2) is 0 Å². The summed E-state index contributed by atoms with van der Waals surface area (Å²) in [5.41, 5.74) is 0. The first-order chi connectivity index (χ1) is 9.06. The number of hydrogen-bond acceptors (Lipinski definition) is 0. The summed E-state index contributed by atoms with van der Waals surface area (Å²) in [6.07, 6.45) is 15.8. The molecule has 116 valence electrons. The Bertz CT molecular complexity index is 171. The molecule has 2 unspecified atom stereocenters. The Kier molecular flexibility index (Phi) is 13.0. The largest absolute Gasteiger partial charge is 0.0654 e. The van der Waals surface area contributed by atoms with Crippen molar-refractivity contribution >= 4 is 0 Å². The van der Waals surface area contributed by atoms with Crippen molar-refractivity contribution in [1.29, 1.82) is 0 Å². The molecule has 0 rings (SSSR count). The first-order valence-electron chi connectivity index (χ1n) is 9.06. The highest BCUT2D eigenvalue weighted by Gasteiger charge is 2.05. The van der Waals surface area contributed by atoms with Crippen LogP contribution in [-0.4, -0.2) is 0 Å². The van der Waals surface area contributed by atoms with E-state index in [0.717, 1.165) is 17.8 Å². The Labute approximate surface area is 123 Å². The normalized spacial score (nSPS) is 14.8. The molecule has 0 aromatic heterocycles. The molecule has 0 heterocycles. The minimum absolute atomic E-state index is 0.891. The summed E-state index contributed by atoms with van der Waals surface area (Å²) in [7, 11) is 0. The molecule has 0 aliphatic rings. The fourth-order valence-corrected chi connectivity index (χ4v) is 2.88. The molecule has 0 bridgehead atoms. The van der Waals surface area contributed by atoms with Crippen LogP contribution in [0.5, 0.6) is 0 Å². The Balaban J connectivity index is 3.31. The van der Waals surface area contributed by atoms with Crippen LogP contribution in [0.1, 0.15) is 105 Å². The van der Waals surface area contributed by atoms with Crippen molar-refractivity contribution in [3.63, 3.8) is 0 Å². The lowest BCUT2D eigenvalue weighted by Crippen LogP contribution is -1.99. The molecule has 0 amide bonds. The summed E-state index contributed by atoms with van der Waals surface area (Å²) >= 11 is 0. The van der Waals surface area contributed by atoms with Crippen LogP contribution >= 0.6 is 0 Å². The van der Waals surface area contributed by atoms with Crippen molar-refractivity contribution in [3.8, 4) is 0 Å². The second-order valence-corrected chi connectivity index (χ2v) is 7.32. The lowest BCUT2D eigenvalue weighted by Gasteiger charge is -2.14. The highest BCUT2D eigenvalue weighted by Crippen LogP contribution is 2.21. The van der Waals surface area contributed by atoms with E-state index < -0.39 is 0 Å². The van der Waals surface area contributed by atoms with E-state index in [-0.39, 0.29) is 0 Å². The Hall–Kier alpha value is 0. The monoisotopic (exact) mass is 268 g/mol. The molecule has 0 N–H and O–H groups in total. The summed E-state index contributed by atoms with van der Waals surface area (Å²) < 4.78 is 0. The molecule has 19 heavy (non-hydrogen) atoms. The predicted octanol–water partition coefficient (Wildman–Crippen LogP) is 7.23. The smallest absolute Gasteiger partial charge is 0.0443 e. The molecule has 0 saturated carbocycles. The van der Waals surface area contributed by atoms with Gasteiger partial charge in [0, 0.05) is 0 Å². The zero-order valence-corrected chi connectivity index (χ0v) is 14.5. The van der Waals surface area contributed by atoms with Crippen molar-refractivity contribution in [2.24, 2.45) is 17.8 Å². The minimum Gasteiger partial charge on any atom is -0.0654 e. The van der Waals surface area contributed by atoms with Gasteiger partial charge in [-0.25, -0.2) is 0 Å². The highest BCUT2D eigenvalue weighted by molar-refractivity contribution is 4.59. The lowest BCUT2D eigenvalue weighted by molar-refractivity contribution is 0.392. The molecule has 0 nitrogen and oxygen atoms in total. The molecule has 0 fully saturated rings. The van der Waals surface area contributed by atoms with E-state index in [2.05, 4.69) is 34.6 Å². The summed E-state index contributed by atoms with van der Waals surface area (Å²) in [5.74, 6) is 2.80. The van der Waals surface area contributed by atoms with Gasteiger partial charge in [0.05, 0.1) is 0 Å². The number of unbranched alkanes of at least 4 members (excludes halogenated alkanes) is 3. The van der Waals surface area contributed by atoms with Crippen LogP contribution in [0.25, 0.3) is 0 Å². The maximum absolute atomic E-state index is 2.46. The van der Waals surface area contributed by atoms with Crippen LogP contribution < -0.4 is 0 Å². The first-order valence-corrected chi connectivity index (χ1v) is 9.06. The van der Waals surface area contributed by atoms with Crippen LogP contribution in [0, 0.1) is 17.8 Å². The van der Waals surface area contributed by atoms with Crippen molar-refractivity contribution in [3.05, 3.63) is 0 Å². The third-order valence-corrected chi connectivity index (χ3v) is 4.42. The second kappa shape index (κ2) is 13.0. The summed E-state index contributed by atoms with van der Waals surface area (Å²) in [6.45, 7) is 11.9. The number of hydrogen-bond donors (Lipinski definition) is 0. The van der Waals surface area contributed by atoms with Crippen LogP contribution in [-0.2, 0) is 0 Å². The molecule has 0 aromatic carbocycles. The quantitative estimate of drug-likeness (QED) is 0.309. The summed E-state index contributed by atoms with van der Waals surface area (Å²) in [6, 6.07) is 0.